The zero-order chi connectivity index (χ0) is 22.8. The number of carbonyl (C=O) groups excluding carboxylic acids is 1. The molecule has 0 amide bonds. The molecule has 0 unspecified atom stereocenters. The van der Waals surface area contributed by atoms with E-state index in [1.807, 2.05) is 50.2 Å². The van der Waals surface area contributed by atoms with E-state index in [9.17, 15) is 9.59 Å². The average molecular weight is 428 g/mol. The van der Waals surface area contributed by atoms with Gasteiger partial charge in [0, 0.05) is 24.9 Å². The second-order valence-electron chi connectivity index (χ2n) is 7.92. The summed E-state index contributed by atoms with van der Waals surface area (Å²) < 4.78 is 7.00. The molecule has 162 valence electrons. The quantitative estimate of drug-likeness (QED) is 0.333. The maximum absolute atomic E-state index is 13.5. The number of aryl methyl sites for hydroxylation is 3. The highest BCUT2D eigenvalue weighted by Gasteiger charge is 2.17. The van der Waals surface area contributed by atoms with Gasteiger partial charge in [-0.25, -0.2) is 4.98 Å². The number of ether oxygens (including phenoxy) is 1. The SMILES string of the molecule is CCCc1ccc(-n2c(-c3cc(C)c(OC(C)=O)c(C)c3)nc3ccncc3c2=O)cc1. The van der Waals surface area contributed by atoms with Gasteiger partial charge in [0.15, 0.2) is 0 Å². The van der Waals surface area contributed by atoms with Crippen LogP contribution < -0.4 is 10.3 Å². The molecule has 0 aliphatic carbocycles. The molecule has 2 aromatic carbocycles. The fraction of sp³-hybridized carbons (Fsp3) is 0.231. The van der Waals surface area contributed by atoms with Crippen molar-refractivity contribution in [1.29, 1.82) is 0 Å². The Morgan fingerprint density at radius 3 is 2.38 bits per heavy atom. The number of fused-ring (bicyclic) bond motifs is 1. The first-order valence-corrected chi connectivity index (χ1v) is 10.6. The van der Waals surface area contributed by atoms with Crippen LogP contribution in [0.1, 0.15) is 37.0 Å². The molecule has 6 heteroatoms. The molecule has 2 heterocycles. The van der Waals surface area contributed by atoms with Gasteiger partial charge in [0.1, 0.15) is 11.6 Å². The Labute approximate surface area is 186 Å². The number of rotatable bonds is 5. The first kappa shape index (κ1) is 21.4. The monoisotopic (exact) mass is 427 g/mol. The number of nitrogens with zero attached hydrogens (tertiary/aromatic N) is 3. The summed E-state index contributed by atoms with van der Waals surface area (Å²) in [5.74, 6) is 0.686. The van der Waals surface area contributed by atoms with Crippen molar-refractivity contribution in [1.82, 2.24) is 14.5 Å². The van der Waals surface area contributed by atoms with E-state index in [-0.39, 0.29) is 11.5 Å². The minimum Gasteiger partial charge on any atom is -0.426 e. The van der Waals surface area contributed by atoms with Gasteiger partial charge in [0.05, 0.1) is 16.6 Å². The molecule has 0 N–H and O–H groups in total. The minimum absolute atomic E-state index is 0.180. The zero-order valence-electron chi connectivity index (χ0n) is 18.7. The third kappa shape index (κ3) is 4.04. The van der Waals surface area contributed by atoms with Gasteiger partial charge >= 0.3 is 5.97 Å². The number of hydrogen-bond acceptors (Lipinski definition) is 5. The summed E-state index contributed by atoms with van der Waals surface area (Å²) in [7, 11) is 0. The van der Waals surface area contributed by atoms with E-state index < -0.39 is 0 Å². The predicted octanol–water partition coefficient (Wildman–Crippen LogP) is 4.94. The molecule has 2 aromatic heterocycles. The van der Waals surface area contributed by atoms with Crippen molar-refractivity contribution in [3.63, 3.8) is 0 Å². The molecule has 0 aliphatic heterocycles. The Morgan fingerprint density at radius 2 is 1.75 bits per heavy atom. The van der Waals surface area contributed by atoms with Gasteiger partial charge in [0.25, 0.3) is 5.56 Å². The smallest absolute Gasteiger partial charge is 0.308 e. The molecule has 0 bridgehead atoms. The Bertz CT molecular complexity index is 1350. The predicted molar refractivity (Wildman–Crippen MR) is 125 cm³/mol. The molecular weight excluding hydrogens is 402 g/mol. The van der Waals surface area contributed by atoms with Crippen molar-refractivity contribution in [3.05, 3.63) is 81.9 Å². The van der Waals surface area contributed by atoms with Crippen LogP contribution in [0, 0.1) is 13.8 Å². The lowest BCUT2D eigenvalue weighted by atomic mass is 10.0. The standard InChI is InChI=1S/C26H25N3O3/c1-5-6-19-7-9-21(10-8-19)29-25(28-23-11-12-27-15-22(23)26(29)31)20-13-16(2)24(17(3)14-20)32-18(4)30/h7-15H,5-6H2,1-4H3. The van der Waals surface area contributed by atoms with E-state index in [0.717, 1.165) is 35.2 Å². The number of esters is 1. The van der Waals surface area contributed by atoms with E-state index in [4.69, 9.17) is 9.72 Å². The van der Waals surface area contributed by atoms with Crippen LogP contribution in [0.2, 0.25) is 0 Å². The molecule has 0 saturated carbocycles. The van der Waals surface area contributed by atoms with Crippen LogP contribution in [-0.4, -0.2) is 20.5 Å². The van der Waals surface area contributed by atoms with Gasteiger partial charge in [0.2, 0.25) is 0 Å². The molecule has 4 rings (SSSR count). The lowest BCUT2D eigenvalue weighted by molar-refractivity contribution is -0.131. The number of hydrogen-bond donors (Lipinski definition) is 0. The van der Waals surface area contributed by atoms with E-state index >= 15 is 0 Å². The number of aromatic nitrogens is 3. The van der Waals surface area contributed by atoms with E-state index in [0.29, 0.717) is 22.5 Å². The van der Waals surface area contributed by atoms with Crippen LogP contribution in [0.25, 0.3) is 28.0 Å². The van der Waals surface area contributed by atoms with Crippen molar-refractivity contribution >= 4 is 16.9 Å². The highest BCUT2D eigenvalue weighted by atomic mass is 16.5. The number of pyridine rings is 1. The maximum Gasteiger partial charge on any atom is 0.308 e. The molecule has 4 aromatic rings. The maximum atomic E-state index is 13.5. The van der Waals surface area contributed by atoms with E-state index in [2.05, 4.69) is 11.9 Å². The highest BCUT2D eigenvalue weighted by molar-refractivity contribution is 5.80. The van der Waals surface area contributed by atoms with Gasteiger partial charge in [-0.05, 0) is 67.3 Å². The third-order valence-electron chi connectivity index (χ3n) is 5.37. The third-order valence-corrected chi connectivity index (χ3v) is 5.37. The lowest BCUT2D eigenvalue weighted by Crippen LogP contribution is -2.22. The zero-order valence-corrected chi connectivity index (χ0v) is 18.7. The van der Waals surface area contributed by atoms with Crippen molar-refractivity contribution in [2.75, 3.05) is 0 Å². The largest absolute Gasteiger partial charge is 0.426 e. The molecule has 0 aliphatic rings. The van der Waals surface area contributed by atoms with Crippen LogP contribution in [0.4, 0.5) is 0 Å². The molecule has 6 nitrogen and oxygen atoms in total. The normalized spacial score (nSPS) is 11.0. The Balaban J connectivity index is 1.97. The summed E-state index contributed by atoms with van der Waals surface area (Å²) in [6.07, 6.45) is 5.22. The van der Waals surface area contributed by atoms with Gasteiger partial charge < -0.3 is 4.74 Å². The van der Waals surface area contributed by atoms with Gasteiger partial charge in [-0.1, -0.05) is 25.5 Å². The van der Waals surface area contributed by atoms with Crippen LogP contribution >= 0.6 is 0 Å². The summed E-state index contributed by atoms with van der Waals surface area (Å²) in [6.45, 7) is 7.27. The Kier molecular flexibility index (Phi) is 5.86. The van der Waals surface area contributed by atoms with Gasteiger partial charge in [-0.2, -0.15) is 0 Å². The second kappa shape index (κ2) is 8.75. The molecule has 0 fully saturated rings. The molecular formula is C26H25N3O3. The number of benzene rings is 2. The van der Waals surface area contributed by atoms with Crippen molar-refractivity contribution in [2.45, 2.75) is 40.5 Å². The molecule has 32 heavy (non-hydrogen) atoms. The molecule has 0 radical (unpaired) electrons. The fourth-order valence-electron chi connectivity index (χ4n) is 3.95. The summed E-state index contributed by atoms with van der Waals surface area (Å²) in [5, 5.41) is 0.457. The minimum atomic E-state index is -0.371. The fourth-order valence-corrected chi connectivity index (χ4v) is 3.95. The summed E-state index contributed by atoms with van der Waals surface area (Å²) in [4.78, 5) is 34.0. The summed E-state index contributed by atoms with van der Waals surface area (Å²) in [5.41, 5.74) is 4.72. The Hall–Kier alpha value is -3.80. The van der Waals surface area contributed by atoms with Crippen LogP contribution in [0.15, 0.2) is 59.7 Å². The lowest BCUT2D eigenvalue weighted by Gasteiger charge is -2.16. The summed E-state index contributed by atoms with van der Waals surface area (Å²) >= 11 is 0. The van der Waals surface area contributed by atoms with Gasteiger partial charge in [-0.15, -0.1) is 0 Å². The topological polar surface area (TPSA) is 74.1 Å². The van der Waals surface area contributed by atoms with Crippen molar-refractivity contribution < 1.29 is 9.53 Å². The molecule has 0 spiro atoms. The van der Waals surface area contributed by atoms with E-state index in [1.165, 1.54) is 12.5 Å². The van der Waals surface area contributed by atoms with Crippen molar-refractivity contribution in [3.8, 4) is 22.8 Å². The van der Waals surface area contributed by atoms with Crippen LogP contribution in [0.3, 0.4) is 0 Å². The van der Waals surface area contributed by atoms with Crippen LogP contribution in [0.5, 0.6) is 5.75 Å². The number of carbonyl (C=O) groups is 1. The molecule has 0 saturated heterocycles. The van der Waals surface area contributed by atoms with Crippen molar-refractivity contribution in [2.24, 2.45) is 0 Å². The van der Waals surface area contributed by atoms with Gasteiger partial charge in [-0.3, -0.25) is 19.1 Å². The first-order chi connectivity index (χ1) is 15.4. The van der Waals surface area contributed by atoms with Crippen LogP contribution in [-0.2, 0) is 11.2 Å². The second-order valence-corrected chi connectivity index (χ2v) is 7.92. The Morgan fingerprint density at radius 1 is 1.06 bits per heavy atom. The van der Waals surface area contributed by atoms with E-state index in [1.54, 1.807) is 23.0 Å². The molecule has 0 atom stereocenters. The average Bonchev–Trinajstić information content (AvgIpc) is 2.77. The first-order valence-electron chi connectivity index (χ1n) is 10.6. The summed E-state index contributed by atoms with van der Waals surface area (Å²) in [6, 6.07) is 13.5. The highest BCUT2D eigenvalue weighted by Crippen LogP contribution is 2.31.